The summed E-state index contributed by atoms with van der Waals surface area (Å²) in [6, 6.07) is 17.6. The normalized spacial score (nSPS) is 19.8. The van der Waals surface area contributed by atoms with Crippen molar-refractivity contribution in [3.05, 3.63) is 102 Å². The van der Waals surface area contributed by atoms with Crippen LogP contribution in [0.4, 0.5) is 0 Å². The standard InChI is InChI=1S/C22H22/c1-4-15-22(19-12-10-18(5-2)11-13-19)16-14-17(3)20-8-6-7-9-21(20)22/h4,6-14,16H,1,3,5,15H2,2H3. The Morgan fingerprint density at radius 3 is 2.45 bits per heavy atom. The molecule has 0 aromatic heterocycles. The quantitative estimate of drug-likeness (QED) is 0.633. The summed E-state index contributed by atoms with van der Waals surface area (Å²) in [5, 5.41) is 0. The summed E-state index contributed by atoms with van der Waals surface area (Å²) in [5.74, 6) is 0. The van der Waals surface area contributed by atoms with Gasteiger partial charge in [-0.2, -0.15) is 0 Å². The Bertz CT molecular complexity index is 731. The van der Waals surface area contributed by atoms with Crippen LogP contribution in [0.3, 0.4) is 0 Å². The molecule has 0 radical (unpaired) electrons. The van der Waals surface area contributed by atoms with Gasteiger partial charge in [0.15, 0.2) is 0 Å². The van der Waals surface area contributed by atoms with E-state index in [2.05, 4.69) is 80.8 Å². The lowest BCUT2D eigenvalue weighted by molar-refractivity contribution is 0.648. The fourth-order valence-corrected chi connectivity index (χ4v) is 3.39. The van der Waals surface area contributed by atoms with E-state index in [4.69, 9.17) is 0 Å². The van der Waals surface area contributed by atoms with Gasteiger partial charge in [-0.15, -0.1) is 6.58 Å². The Labute approximate surface area is 133 Å². The molecule has 0 aliphatic heterocycles. The molecule has 110 valence electrons. The Kier molecular flexibility index (Phi) is 3.85. The molecule has 0 heteroatoms. The molecule has 0 N–H and O–H groups in total. The lowest BCUT2D eigenvalue weighted by atomic mass is 9.67. The van der Waals surface area contributed by atoms with Crippen molar-refractivity contribution in [3.63, 3.8) is 0 Å². The van der Waals surface area contributed by atoms with Gasteiger partial charge in [-0.1, -0.05) is 80.3 Å². The molecule has 3 rings (SSSR count). The summed E-state index contributed by atoms with van der Waals surface area (Å²) >= 11 is 0. The highest BCUT2D eigenvalue weighted by molar-refractivity contribution is 5.79. The van der Waals surface area contributed by atoms with Crippen LogP contribution in [0.15, 0.2) is 79.9 Å². The minimum Gasteiger partial charge on any atom is -0.103 e. The minimum absolute atomic E-state index is 0.133. The van der Waals surface area contributed by atoms with Crippen molar-refractivity contribution >= 4 is 5.57 Å². The summed E-state index contributed by atoms with van der Waals surface area (Å²) in [4.78, 5) is 0. The van der Waals surface area contributed by atoms with Crippen LogP contribution in [0.5, 0.6) is 0 Å². The Morgan fingerprint density at radius 1 is 1.05 bits per heavy atom. The molecule has 2 aromatic carbocycles. The molecule has 0 fully saturated rings. The third-order valence-corrected chi connectivity index (χ3v) is 4.67. The van der Waals surface area contributed by atoms with Crippen molar-refractivity contribution < 1.29 is 0 Å². The number of aryl methyl sites for hydroxylation is 1. The zero-order valence-corrected chi connectivity index (χ0v) is 13.2. The fourth-order valence-electron chi connectivity index (χ4n) is 3.39. The molecule has 0 bridgehead atoms. The molecule has 0 heterocycles. The number of benzene rings is 2. The average molecular weight is 286 g/mol. The van der Waals surface area contributed by atoms with Crippen molar-refractivity contribution in [1.82, 2.24) is 0 Å². The second-order valence-electron chi connectivity index (χ2n) is 5.92. The second-order valence-corrected chi connectivity index (χ2v) is 5.92. The molecular weight excluding hydrogens is 264 g/mol. The first-order valence-corrected chi connectivity index (χ1v) is 7.89. The Balaban J connectivity index is 2.22. The molecule has 0 amide bonds. The van der Waals surface area contributed by atoms with Gasteiger partial charge >= 0.3 is 0 Å². The second kappa shape index (κ2) is 5.81. The summed E-state index contributed by atoms with van der Waals surface area (Å²) in [5.41, 5.74) is 6.21. The topological polar surface area (TPSA) is 0 Å². The lowest BCUT2D eigenvalue weighted by Crippen LogP contribution is -2.28. The first-order chi connectivity index (χ1) is 10.7. The van der Waals surface area contributed by atoms with Gasteiger partial charge in [-0.05, 0) is 40.7 Å². The summed E-state index contributed by atoms with van der Waals surface area (Å²) in [6.07, 6.45) is 8.42. The summed E-state index contributed by atoms with van der Waals surface area (Å²) in [6.45, 7) is 10.4. The SMILES string of the molecule is C=CCC1(c2ccc(CC)cc2)C=CC(=C)c2ccccc21. The fraction of sp³-hybridized carbons (Fsp3) is 0.182. The minimum atomic E-state index is -0.133. The molecule has 0 nitrogen and oxygen atoms in total. The van der Waals surface area contributed by atoms with Crippen LogP contribution in [0.25, 0.3) is 5.57 Å². The van der Waals surface area contributed by atoms with Gasteiger partial charge in [-0.3, -0.25) is 0 Å². The molecule has 1 aliphatic carbocycles. The molecule has 0 saturated heterocycles. The number of hydrogen-bond donors (Lipinski definition) is 0. The van der Waals surface area contributed by atoms with E-state index in [1.807, 2.05) is 6.08 Å². The smallest absolute Gasteiger partial charge is 0.0425 e. The highest BCUT2D eigenvalue weighted by Crippen LogP contribution is 2.44. The molecule has 22 heavy (non-hydrogen) atoms. The average Bonchev–Trinajstić information content (AvgIpc) is 2.58. The van der Waals surface area contributed by atoms with E-state index in [-0.39, 0.29) is 5.41 Å². The lowest BCUT2D eigenvalue weighted by Gasteiger charge is -2.36. The van der Waals surface area contributed by atoms with Gasteiger partial charge in [0.05, 0.1) is 0 Å². The first-order valence-electron chi connectivity index (χ1n) is 7.89. The van der Waals surface area contributed by atoms with Gasteiger partial charge in [0, 0.05) is 5.41 Å². The molecule has 1 atom stereocenters. The highest BCUT2D eigenvalue weighted by Gasteiger charge is 2.34. The number of hydrogen-bond acceptors (Lipinski definition) is 0. The number of fused-ring (bicyclic) bond motifs is 1. The van der Waals surface area contributed by atoms with Crippen LogP contribution in [0, 0.1) is 0 Å². The van der Waals surface area contributed by atoms with E-state index in [1.165, 1.54) is 22.3 Å². The largest absolute Gasteiger partial charge is 0.103 e. The van der Waals surface area contributed by atoms with Crippen LogP contribution in [-0.4, -0.2) is 0 Å². The zero-order valence-electron chi connectivity index (χ0n) is 13.2. The Hall–Kier alpha value is -2.34. The van der Waals surface area contributed by atoms with Crippen LogP contribution in [-0.2, 0) is 11.8 Å². The molecular formula is C22H22. The van der Waals surface area contributed by atoms with Gasteiger partial charge in [0.25, 0.3) is 0 Å². The molecule has 2 aromatic rings. The van der Waals surface area contributed by atoms with E-state index in [1.54, 1.807) is 0 Å². The van der Waals surface area contributed by atoms with Crippen LogP contribution in [0.1, 0.15) is 35.6 Å². The van der Waals surface area contributed by atoms with Gasteiger partial charge in [-0.25, -0.2) is 0 Å². The molecule has 0 spiro atoms. The van der Waals surface area contributed by atoms with Crippen molar-refractivity contribution in [2.24, 2.45) is 0 Å². The van der Waals surface area contributed by atoms with E-state index in [0.29, 0.717) is 0 Å². The van der Waals surface area contributed by atoms with Crippen LogP contribution in [0.2, 0.25) is 0 Å². The van der Waals surface area contributed by atoms with Gasteiger partial charge in [0.1, 0.15) is 0 Å². The molecule has 1 unspecified atom stereocenters. The van der Waals surface area contributed by atoms with E-state index in [9.17, 15) is 0 Å². The number of allylic oxidation sites excluding steroid dienone is 4. The molecule has 0 saturated carbocycles. The van der Waals surface area contributed by atoms with Crippen LogP contribution < -0.4 is 0 Å². The third-order valence-electron chi connectivity index (χ3n) is 4.67. The van der Waals surface area contributed by atoms with Crippen molar-refractivity contribution in [2.45, 2.75) is 25.2 Å². The maximum atomic E-state index is 4.19. The number of rotatable bonds is 4. The highest BCUT2D eigenvalue weighted by atomic mass is 14.4. The Morgan fingerprint density at radius 2 is 1.77 bits per heavy atom. The van der Waals surface area contributed by atoms with Gasteiger partial charge in [0.2, 0.25) is 0 Å². The van der Waals surface area contributed by atoms with Crippen molar-refractivity contribution in [1.29, 1.82) is 0 Å². The zero-order chi connectivity index (χ0) is 15.6. The summed E-state index contributed by atoms with van der Waals surface area (Å²) < 4.78 is 0. The summed E-state index contributed by atoms with van der Waals surface area (Å²) in [7, 11) is 0. The van der Waals surface area contributed by atoms with E-state index >= 15 is 0 Å². The van der Waals surface area contributed by atoms with Gasteiger partial charge < -0.3 is 0 Å². The van der Waals surface area contributed by atoms with E-state index in [0.717, 1.165) is 18.4 Å². The third kappa shape index (κ3) is 2.25. The van der Waals surface area contributed by atoms with Crippen LogP contribution >= 0.6 is 0 Å². The van der Waals surface area contributed by atoms with Crippen molar-refractivity contribution in [3.8, 4) is 0 Å². The van der Waals surface area contributed by atoms with Crippen molar-refractivity contribution in [2.75, 3.05) is 0 Å². The first kappa shape index (κ1) is 14.6. The van der Waals surface area contributed by atoms with E-state index < -0.39 is 0 Å². The maximum absolute atomic E-state index is 4.19. The predicted octanol–water partition coefficient (Wildman–Crippen LogP) is 5.69. The predicted molar refractivity (Wildman–Crippen MR) is 96.0 cm³/mol. The maximum Gasteiger partial charge on any atom is 0.0425 e. The molecule has 1 aliphatic rings. The monoisotopic (exact) mass is 286 g/mol.